The molecule has 1 amide bonds. The van der Waals surface area contributed by atoms with Gasteiger partial charge in [-0.25, -0.2) is 8.78 Å². The average Bonchev–Trinajstić information content (AvgIpc) is 2.92. The van der Waals surface area contributed by atoms with Crippen LogP contribution < -0.4 is 15.4 Å². The number of carbonyl (C=O) groups excluding carboxylic acids is 1. The molecule has 19 heavy (non-hydrogen) atoms. The summed E-state index contributed by atoms with van der Waals surface area (Å²) >= 11 is 0. The minimum Gasteiger partial charge on any atom is -0.488 e. The van der Waals surface area contributed by atoms with Crippen LogP contribution >= 0.6 is 0 Å². The van der Waals surface area contributed by atoms with Crippen molar-refractivity contribution in [3.63, 3.8) is 0 Å². The van der Waals surface area contributed by atoms with Gasteiger partial charge in [0, 0.05) is 5.69 Å². The van der Waals surface area contributed by atoms with Gasteiger partial charge in [0.25, 0.3) is 6.43 Å². The number of nitrogens with one attached hydrogen (secondary N) is 2. The highest BCUT2D eigenvalue weighted by Crippen LogP contribution is 2.17. The second-order valence-corrected chi connectivity index (χ2v) is 4.36. The number of hydrogen-bond donors (Lipinski definition) is 2. The Hall–Kier alpha value is -1.69. The number of benzene rings is 1. The second-order valence-electron chi connectivity index (χ2n) is 4.36. The molecule has 0 bridgehead atoms. The van der Waals surface area contributed by atoms with Crippen LogP contribution in [0.1, 0.15) is 12.8 Å². The topological polar surface area (TPSA) is 50.4 Å². The van der Waals surface area contributed by atoms with E-state index in [9.17, 15) is 13.6 Å². The number of halogens is 2. The Morgan fingerprint density at radius 1 is 1.42 bits per heavy atom. The van der Waals surface area contributed by atoms with E-state index in [1.54, 1.807) is 24.3 Å². The standard InChI is InChI=1S/C13H16F2N2O2/c14-12(15)8-19-10-5-3-9(4-6-10)17-13(18)11-2-1-7-16-11/h3-6,11-12,16H,1-2,7-8H2,(H,17,18)/t11-/m1/s1. The largest absolute Gasteiger partial charge is 0.488 e. The van der Waals surface area contributed by atoms with E-state index < -0.39 is 13.0 Å². The first-order chi connectivity index (χ1) is 9.15. The van der Waals surface area contributed by atoms with Gasteiger partial charge in [-0.1, -0.05) is 0 Å². The Balaban J connectivity index is 1.85. The first-order valence-corrected chi connectivity index (χ1v) is 6.20. The molecule has 2 N–H and O–H groups in total. The summed E-state index contributed by atoms with van der Waals surface area (Å²) in [5, 5.41) is 5.87. The fourth-order valence-electron chi connectivity index (χ4n) is 1.93. The molecule has 6 heteroatoms. The van der Waals surface area contributed by atoms with Crippen LogP contribution in [0.3, 0.4) is 0 Å². The van der Waals surface area contributed by atoms with Gasteiger partial charge in [0.2, 0.25) is 5.91 Å². The number of alkyl halides is 2. The van der Waals surface area contributed by atoms with E-state index >= 15 is 0 Å². The molecule has 104 valence electrons. The zero-order valence-electron chi connectivity index (χ0n) is 10.4. The Kier molecular flexibility index (Phi) is 4.68. The first kappa shape index (κ1) is 13.7. The average molecular weight is 270 g/mol. The van der Waals surface area contributed by atoms with Crippen molar-refractivity contribution in [1.82, 2.24) is 5.32 Å². The molecule has 1 atom stereocenters. The van der Waals surface area contributed by atoms with Crippen molar-refractivity contribution in [3.05, 3.63) is 24.3 Å². The molecule has 1 heterocycles. The molecule has 1 aromatic rings. The van der Waals surface area contributed by atoms with Crippen LogP contribution in [-0.4, -0.2) is 31.5 Å². The van der Waals surface area contributed by atoms with Gasteiger partial charge in [-0.15, -0.1) is 0 Å². The molecule has 0 spiro atoms. The quantitative estimate of drug-likeness (QED) is 0.860. The minimum absolute atomic E-state index is 0.0706. The van der Waals surface area contributed by atoms with Gasteiger partial charge in [-0.2, -0.15) is 0 Å². The van der Waals surface area contributed by atoms with E-state index in [2.05, 4.69) is 10.6 Å². The van der Waals surface area contributed by atoms with Crippen molar-refractivity contribution in [2.24, 2.45) is 0 Å². The van der Waals surface area contributed by atoms with E-state index in [0.717, 1.165) is 19.4 Å². The van der Waals surface area contributed by atoms with Crippen LogP contribution in [0.5, 0.6) is 5.75 Å². The highest BCUT2D eigenvalue weighted by molar-refractivity contribution is 5.95. The van der Waals surface area contributed by atoms with Crippen molar-refractivity contribution in [2.45, 2.75) is 25.3 Å². The summed E-state index contributed by atoms with van der Waals surface area (Å²) in [5.41, 5.74) is 0.628. The number of anilines is 1. The molecule has 0 aromatic heterocycles. The summed E-state index contributed by atoms with van der Waals surface area (Å²) in [7, 11) is 0. The maximum Gasteiger partial charge on any atom is 0.272 e. The molecular weight excluding hydrogens is 254 g/mol. The number of ether oxygens (including phenoxy) is 1. The maximum absolute atomic E-state index is 12.0. The SMILES string of the molecule is O=C(Nc1ccc(OCC(F)F)cc1)[C@H]1CCCN1. The third kappa shape index (κ3) is 4.17. The number of amides is 1. The summed E-state index contributed by atoms with van der Waals surface area (Å²) in [4.78, 5) is 11.8. The van der Waals surface area contributed by atoms with E-state index in [1.807, 2.05) is 0 Å². The lowest BCUT2D eigenvalue weighted by Crippen LogP contribution is -2.35. The predicted octanol–water partition coefficient (Wildman–Crippen LogP) is 2.02. The normalized spacial score (nSPS) is 18.6. The lowest BCUT2D eigenvalue weighted by molar-refractivity contribution is -0.117. The number of rotatable bonds is 5. The van der Waals surface area contributed by atoms with Gasteiger partial charge in [-0.05, 0) is 43.7 Å². The Labute approximate surface area is 110 Å². The molecule has 0 aliphatic carbocycles. The summed E-state index contributed by atoms with van der Waals surface area (Å²) in [6.07, 6.45) is -0.660. The maximum atomic E-state index is 12.0. The Morgan fingerprint density at radius 2 is 2.16 bits per heavy atom. The zero-order valence-corrected chi connectivity index (χ0v) is 10.4. The lowest BCUT2D eigenvalue weighted by Gasteiger charge is -2.11. The van der Waals surface area contributed by atoms with Crippen molar-refractivity contribution >= 4 is 11.6 Å². The van der Waals surface area contributed by atoms with Crippen LogP contribution in [0.4, 0.5) is 14.5 Å². The Bertz CT molecular complexity index is 417. The molecule has 0 saturated carbocycles. The highest BCUT2D eigenvalue weighted by atomic mass is 19.3. The molecule has 1 aliphatic heterocycles. The lowest BCUT2D eigenvalue weighted by atomic mass is 10.2. The fraction of sp³-hybridized carbons (Fsp3) is 0.462. The highest BCUT2D eigenvalue weighted by Gasteiger charge is 2.21. The smallest absolute Gasteiger partial charge is 0.272 e. The zero-order chi connectivity index (χ0) is 13.7. The molecular formula is C13H16F2N2O2. The van der Waals surface area contributed by atoms with Gasteiger partial charge in [-0.3, -0.25) is 4.79 Å². The van der Waals surface area contributed by atoms with Gasteiger partial charge in [0.05, 0.1) is 6.04 Å². The molecule has 0 unspecified atom stereocenters. The third-order valence-corrected chi connectivity index (χ3v) is 2.87. The molecule has 1 aliphatic rings. The van der Waals surface area contributed by atoms with E-state index in [4.69, 9.17) is 4.74 Å². The monoisotopic (exact) mass is 270 g/mol. The van der Waals surface area contributed by atoms with E-state index in [1.165, 1.54) is 0 Å². The second kappa shape index (κ2) is 6.47. The molecule has 0 radical (unpaired) electrons. The number of carbonyl (C=O) groups is 1. The van der Waals surface area contributed by atoms with Crippen LogP contribution in [0, 0.1) is 0 Å². The van der Waals surface area contributed by atoms with Gasteiger partial charge < -0.3 is 15.4 Å². The minimum atomic E-state index is -2.49. The fourth-order valence-corrected chi connectivity index (χ4v) is 1.93. The van der Waals surface area contributed by atoms with Crippen LogP contribution in [0.25, 0.3) is 0 Å². The predicted molar refractivity (Wildman–Crippen MR) is 67.6 cm³/mol. The molecule has 1 saturated heterocycles. The van der Waals surface area contributed by atoms with Crippen molar-refractivity contribution in [1.29, 1.82) is 0 Å². The van der Waals surface area contributed by atoms with Gasteiger partial charge in [0.1, 0.15) is 12.4 Å². The number of hydrogen-bond acceptors (Lipinski definition) is 3. The van der Waals surface area contributed by atoms with Crippen LogP contribution in [0.15, 0.2) is 24.3 Å². The van der Waals surface area contributed by atoms with Crippen LogP contribution in [-0.2, 0) is 4.79 Å². The van der Waals surface area contributed by atoms with Crippen molar-refractivity contribution in [3.8, 4) is 5.75 Å². The van der Waals surface area contributed by atoms with E-state index in [0.29, 0.717) is 11.4 Å². The first-order valence-electron chi connectivity index (χ1n) is 6.20. The van der Waals surface area contributed by atoms with Crippen molar-refractivity contribution in [2.75, 3.05) is 18.5 Å². The molecule has 1 fully saturated rings. The van der Waals surface area contributed by atoms with Crippen molar-refractivity contribution < 1.29 is 18.3 Å². The summed E-state index contributed by atoms with van der Waals surface area (Å²) in [6, 6.07) is 6.23. The van der Waals surface area contributed by atoms with E-state index in [-0.39, 0.29) is 11.9 Å². The third-order valence-electron chi connectivity index (χ3n) is 2.87. The summed E-state index contributed by atoms with van der Waals surface area (Å²) in [5.74, 6) is 0.288. The van der Waals surface area contributed by atoms with Gasteiger partial charge in [0.15, 0.2) is 0 Å². The molecule has 4 nitrogen and oxygen atoms in total. The summed E-state index contributed by atoms with van der Waals surface area (Å²) in [6.45, 7) is 0.232. The molecule has 1 aromatic carbocycles. The Morgan fingerprint density at radius 3 is 2.74 bits per heavy atom. The molecule has 2 rings (SSSR count). The van der Waals surface area contributed by atoms with Crippen LogP contribution in [0.2, 0.25) is 0 Å². The summed E-state index contributed by atoms with van der Waals surface area (Å²) < 4.78 is 28.8. The van der Waals surface area contributed by atoms with Gasteiger partial charge >= 0.3 is 0 Å².